The third kappa shape index (κ3) is 3.02. The minimum Gasteiger partial charge on any atom is -0.388 e. The predicted octanol–water partition coefficient (Wildman–Crippen LogP) is 1.89. The van der Waals surface area contributed by atoms with E-state index in [1.54, 1.807) is 18.3 Å². The third-order valence-corrected chi connectivity index (χ3v) is 4.99. The van der Waals surface area contributed by atoms with Crippen molar-refractivity contribution >= 4 is 16.5 Å². The number of anilines is 1. The van der Waals surface area contributed by atoms with Crippen molar-refractivity contribution in [1.29, 1.82) is 0 Å². The van der Waals surface area contributed by atoms with Crippen molar-refractivity contribution in [2.24, 2.45) is 5.92 Å². The zero-order valence-corrected chi connectivity index (χ0v) is 12.5. The van der Waals surface area contributed by atoms with Crippen LogP contribution in [-0.2, 0) is 0 Å². The van der Waals surface area contributed by atoms with Crippen molar-refractivity contribution in [2.75, 3.05) is 38.6 Å². The Balaban J connectivity index is 2.00. The lowest BCUT2D eigenvalue weighted by Crippen LogP contribution is -2.27. The molecule has 18 heavy (non-hydrogen) atoms. The Kier molecular flexibility index (Phi) is 4.25. The maximum atomic E-state index is 9.66. The SMILES string of the molecule is Cc1nc(N(C)CC2CCN(C)C2)sc1C(C)O. The Morgan fingerprint density at radius 3 is 2.83 bits per heavy atom. The van der Waals surface area contributed by atoms with Crippen LogP contribution in [0.2, 0.25) is 0 Å². The zero-order valence-electron chi connectivity index (χ0n) is 11.7. The molecule has 0 radical (unpaired) electrons. The molecule has 0 aromatic carbocycles. The summed E-state index contributed by atoms with van der Waals surface area (Å²) in [6.45, 7) is 7.21. The van der Waals surface area contributed by atoms with Crippen LogP contribution >= 0.6 is 11.3 Å². The molecule has 1 N–H and O–H groups in total. The normalized spacial score (nSPS) is 22.4. The van der Waals surface area contributed by atoms with Gasteiger partial charge in [-0.2, -0.15) is 0 Å². The van der Waals surface area contributed by atoms with E-state index in [-0.39, 0.29) is 0 Å². The van der Waals surface area contributed by atoms with Crippen molar-refractivity contribution in [3.8, 4) is 0 Å². The second-order valence-corrected chi connectivity index (χ2v) is 6.43. The maximum Gasteiger partial charge on any atom is 0.185 e. The number of aliphatic hydroxyl groups excluding tert-OH is 1. The average Bonchev–Trinajstić information content (AvgIpc) is 2.85. The fourth-order valence-corrected chi connectivity index (χ4v) is 3.56. The molecule has 0 amide bonds. The molecular formula is C13H23N3OS. The highest BCUT2D eigenvalue weighted by Gasteiger charge is 2.22. The second-order valence-electron chi connectivity index (χ2n) is 5.42. The van der Waals surface area contributed by atoms with Gasteiger partial charge in [0.2, 0.25) is 0 Å². The Hall–Kier alpha value is -0.650. The first-order chi connectivity index (χ1) is 8.47. The molecule has 2 heterocycles. The van der Waals surface area contributed by atoms with Gasteiger partial charge >= 0.3 is 0 Å². The number of aliphatic hydroxyl groups is 1. The van der Waals surface area contributed by atoms with E-state index in [2.05, 4.69) is 28.9 Å². The zero-order chi connectivity index (χ0) is 13.3. The van der Waals surface area contributed by atoms with E-state index in [1.807, 2.05) is 6.92 Å². The number of rotatable bonds is 4. The van der Waals surface area contributed by atoms with E-state index in [0.29, 0.717) is 0 Å². The number of nitrogens with zero attached hydrogens (tertiary/aromatic N) is 3. The van der Waals surface area contributed by atoms with Gasteiger partial charge in [0.25, 0.3) is 0 Å². The van der Waals surface area contributed by atoms with Gasteiger partial charge in [0, 0.05) is 20.1 Å². The van der Waals surface area contributed by atoms with Crippen molar-refractivity contribution in [1.82, 2.24) is 9.88 Å². The van der Waals surface area contributed by atoms with Crippen LogP contribution in [0.25, 0.3) is 0 Å². The monoisotopic (exact) mass is 269 g/mol. The van der Waals surface area contributed by atoms with Gasteiger partial charge < -0.3 is 14.9 Å². The van der Waals surface area contributed by atoms with Crippen LogP contribution in [0.5, 0.6) is 0 Å². The van der Waals surface area contributed by atoms with Crippen molar-refractivity contribution in [3.63, 3.8) is 0 Å². The number of thiazole rings is 1. The van der Waals surface area contributed by atoms with Crippen LogP contribution in [0.15, 0.2) is 0 Å². The molecule has 0 bridgehead atoms. The molecule has 1 aliphatic rings. The Labute approximate surface area is 113 Å². The van der Waals surface area contributed by atoms with Gasteiger partial charge in [-0.05, 0) is 39.8 Å². The minimum absolute atomic E-state index is 0.415. The van der Waals surface area contributed by atoms with E-state index in [1.165, 1.54) is 19.5 Å². The molecule has 102 valence electrons. The number of hydrogen-bond donors (Lipinski definition) is 1. The highest BCUT2D eigenvalue weighted by Crippen LogP contribution is 2.30. The van der Waals surface area contributed by atoms with Crippen molar-refractivity contribution in [2.45, 2.75) is 26.4 Å². The molecular weight excluding hydrogens is 246 g/mol. The molecule has 1 fully saturated rings. The molecule has 4 nitrogen and oxygen atoms in total. The van der Waals surface area contributed by atoms with E-state index >= 15 is 0 Å². The van der Waals surface area contributed by atoms with Crippen LogP contribution in [-0.4, -0.2) is 48.7 Å². The second kappa shape index (κ2) is 5.55. The van der Waals surface area contributed by atoms with Gasteiger partial charge in [-0.25, -0.2) is 4.98 Å². The molecule has 1 aromatic rings. The highest BCUT2D eigenvalue weighted by molar-refractivity contribution is 7.15. The van der Waals surface area contributed by atoms with E-state index in [0.717, 1.165) is 28.2 Å². The maximum absolute atomic E-state index is 9.66. The fraction of sp³-hybridized carbons (Fsp3) is 0.769. The first kappa shape index (κ1) is 13.8. The minimum atomic E-state index is -0.415. The average molecular weight is 269 g/mol. The van der Waals surface area contributed by atoms with Crippen LogP contribution in [0.3, 0.4) is 0 Å². The summed E-state index contributed by atoms with van der Waals surface area (Å²) in [6, 6.07) is 0. The smallest absolute Gasteiger partial charge is 0.185 e. The number of hydrogen-bond acceptors (Lipinski definition) is 5. The Morgan fingerprint density at radius 2 is 2.33 bits per heavy atom. The van der Waals surface area contributed by atoms with Gasteiger partial charge in [0.1, 0.15) is 0 Å². The summed E-state index contributed by atoms with van der Waals surface area (Å²) in [5, 5.41) is 10.7. The Bertz CT molecular complexity index is 405. The number of likely N-dealkylation sites (tertiary alicyclic amines) is 1. The molecule has 1 aliphatic heterocycles. The lowest BCUT2D eigenvalue weighted by molar-refractivity contribution is 0.202. The molecule has 0 aliphatic carbocycles. The quantitative estimate of drug-likeness (QED) is 0.906. The number of aryl methyl sites for hydroxylation is 1. The highest BCUT2D eigenvalue weighted by atomic mass is 32.1. The molecule has 0 spiro atoms. The molecule has 2 rings (SSSR count). The molecule has 2 atom stereocenters. The lowest BCUT2D eigenvalue weighted by atomic mass is 10.1. The van der Waals surface area contributed by atoms with E-state index in [4.69, 9.17) is 0 Å². The summed E-state index contributed by atoms with van der Waals surface area (Å²) in [6.07, 6.45) is 0.858. The largest absolute Gasteiger partial charge is 0.388 e. The van der Waals surface area contributed by atoms with Gasteiger partial charge in [-0.1, -0.05) is 11.3 Å². The predicted molar refractivity (Wildman–Crippen MR) is 76.4 cm³/mol. The molecule has 1 aromatic heterocycles. The lowest BCUT2D eigenvalue weighted by Gasteiger charge is -2.20. The first-order valence-electron chi connectivity index (χ1n) is 6.52. The molecule has 0 saturated carbocycles. The van der Waals surface area contributed by atoms with Crippen LogP contribution in [0.1, 0.15) is 30.0 Å². The van der Waals surface area contributed by atoms with Crippen LogP contribution < -0.4 is 4.90 Å². The Morgan fingerprint density at radius 1 is 1.61 bits per heavy atom. The summed E-state index contributed by atoms with van der Waals surface area (Å²) in [7, 11) is 4.28. The van der Waals surface area contributed by atoms with Gasteiger partial charge in [-0.15, -0.1) is 0 Å². The summed E-state index contributed by atoms with van der Waals surface area (Å²) in [5.74, 6) is 0.735. The molecule has 1 saturated heterocycles. The van der Waals surface area contributed by atoms with Gasteiger partial charge in [0.15, 0.2) is 5.13 Å². The van der Waals surface area contributed by atoms with E-state index < -0.39 is 6.10 Å². The summed E-state index contributed by atoms with van der Waals surface area (Å²) in [4.78, 5) is 10.2. The first-order valence-corrected chi connectivity index (χ1v) is 7.34. The topological polar surface area (TPSA) is 39.6 Å². The third-order valence-electron chi connectivity index (χ3n) is 3.55. The van der Waals surface area contributed by atoms with Crippen LogP contribution in [0, 0.1) is 12.8 Å². The molecule has 5 heteroatoms. The summed E-state index contributed by atoms with van der Waals surface area (Å²) < 4.78 is 0. The van der Waals surface area contributed by atoms with E-state index in [9.17, 15) is 5.11 Å². The summed E-state index contributed by atoms with van der Waals surface area (Å²) in [5.41, 5.74) is 0.959. The van der Waals surface area contributed by atoms with Crippen molar-refractivity contribution in [3.05, 3.63) is 10.6 Å². The number of aromatic nitrogens is 1. The van der Waals surface area contributed by atoms with Crippen molar-refractivity contribution < 1.29 is 5.11 Å². The fourth-order valence-electron chi connectivity index (χ4n) is 2.59. The standard InChI is InChI=1S/C13H23N3OS/c1-9-12(10(2)17)18-13(14-9)16(4)8-11-5-6-15(3)7-11/h10-11,17H,5-8H2,1-4H3. The van der Waals surface area contributed by atoms with Gasteiger partial charge in [0.05, 0.1) is 16.7 Å². The van der Waals surface area contributed by atoms with Gasteiger partial charge in [-0.3, -0.25) is 0 Å². The van der Waals surface area contributed by atoms with Crippen LogP contribution in [0.4, 0.5) is 5.13 Å². The summed E-state index contributed by atoms with van der Waals surface area (Å²) >= 11 is 1.61. The molecule has 2 unspecified atom stereocenters.